The van der Waals surface area contributed by atoms with Crippen molar-refractivity contribution in [3.05, 3.63) is 0 Å². The molecule has 0 heterocycles. The Hall–Kier alpha value is -1.46. The topological polar surface area (TPSA) is 133 Å². The average molecular weight is 884 g/mol. The summed E-state index contributed by atoms with van der Waals surface area (Å²) in [6.45, 7) is 9.12. The van der Waals surface area contributed by atoms with E-state index in [4.69, 9.17) is 20.9 Å². The van der Waals surface area contributed by atoms with Crippen molar-refractivity contribution in [1.29, 1.82) is 0 Å². The third-order valence-corrected chi connectivity index (χ3v) is 13.0. The third kappa shape index (κ3) is 47.6. The van der Waals surface area contributed by atoms with Gasteiger partial charge >= 0.3 is 11.9 Å². The molecular weight excluding hydrogens is 787 g/mol. The average Bonchev–Trinajstić information content (AvgIpc) is 3.24. The Morgan fingerprint density at radius 1 is 0.433 bits per heavy atom. The molecule has 0 saturated carbocycles. The van der Waals surface area contributed by atoms with Crippen LogP contribution in [0.5, 0.6) is 0 Å². The van der Waals surface area contributed by atoms with Crippen LogP contribution >= 0.6 is 23.5 Å². The lowest BCUT2D eigenvalue weighted by atomic mass is 10.1. The predicted octanol–water partition coefficient (Wildman–Crippen LogP) is 12.7. The van der Waals surface area contributed by atoms with Gasteiger partial charge in [0.1, 0.15) is 0 Å². The Labute approximate surface area is 379 Å². The molecule has 0 aliphatic carbocycles. The van der Waals surface area contributed by atoms with Crippen molar-refractivity contribution in [1.82, 2.24) is 4.90 Å². The second-order valence-electron chi connectivity index (χ2n) is 16.9. The van der Waals surface area contributed by atoms with Gasteiger partial charge in [0.2, 0.25) is 0 Å². The minimum Gasteiger partial charge on any atom is -0.466 e. The van der Waals surface area contributed by atoms with Gasteiger partial charge in [-0.05, 0) is 70.2 Å². The summed E-state index contributed by atoms with van der Waals surface area (Å²) in [7, 11) is 2.14. The van der Waals surface area contributed by atoms with E-state index in [0.29, 0.717) is 26.1 Å². The molecule has 0 saturated heterocycles. The molecule has 0 rings (SSSR count). The molecule has 0 atom stereocenters. The third-order valence-electron chi connectivity index (χ3n) is 10.9. The lowest BCUT2D eigenvalue weighted by Gasteiger charge is -2.15. The van der Waals surface area contributed by atoms with E-state index in [-0.39, 0.29) is 11.9 Å². The molecular formula is C49H97N5O4S2. The number of aliphatic imine (C=N–C) groups is 2. The van der Waals surface area contributed by atoms with Gasteiger partial charge in [0, 0.05) is 37.4 Å². The Balaban J connectivity index is 3.54. The SMILES string of the molecule is CCCCCCCCCCCCCCOC(=O)CCSCCCC(N)=NCCCN(C)CCCN=C(N)CCCSCCC(=O)OCCCCCCCCCCCCCC. The number of unbranched alkanes of at least 4 members (excludes halogenated alkanes) is 22. The number of esters is 2. The highest BCUT2D eigenvalue weighted by molar-refractivity contribution is 7.99. The number of carbonyl (C=O) groups is 2. The summed E-state index contributed by atoms with van der Waals surface area (Å²) in [6.07, 6.45) is 38.0. The molecule has 0 aliphatic rings. The fourth-order valence-corrected chi connectivity index (χ4v) is 8.75. The minimum atomic E-state index is -0.0676. The van der Waals surface area contributed by atoms with Crippen LogP contribution in [0.2, 0.25) is 0 Å². The van der Waals surface area contributed by atoms with Crippen LogP contribution in [0, 0.1) is 0 Å². The molecule has 0 aromatic heterocycles. The van der Waals surface area contributed by atoms with E-state index < -0.39 is 0 Å². The molecule has 0 aliphatic heterocycles. The van der Waals surface area contributed by atoms with E-state index in [9.17, 15) is 9.59 Å². The summed E-state index contributed by atoms with van der Waals surface area (Å²) in [4.78, 5) is 35.5. The summed E-state index contributed by atoms with van der Waals surface area (Å²) >= 11 is 3.58. The second-order valence-corrected chi connectivity index (χ2v) is 19.4. The first-order chi connectivity index (χ1) is 29.4. The number of hydrogen-bond acceptors (Lipinski definition) is 9. The highest BCUT2D eigenvalue weighted by atomic mass is 32.2. The Bertz CT molecular complexity index is 927. The van der Waals surface area contributed by atoms with E-state index in [1.807, 2.05) is 0 Å². The molecule has 60 heavy (non-hydrogen) atoms. The van der Waals surface area contributed by atoms with Gasteiger partial charge in [0.15, 0.2) is 0 Å². The number of amidine groups is 2. The molecule has 0 unspecified atom stereocenters. The summed E-state index contributed by atoms with van der Waals surface area (Å²) in [5.41, 5.74) is 12.3. The molecule has 0 radical (unpaired) electrons. The van der Waals surface area contributed by atoms with Gasteiger partial charge in [0.05, 0.1) is 37.7 Å². The normalized spacial score (nSPS) is 12.1. The molecule has 354 valence electrons. The Morgan fingerprint density at radius 3 is 1.08 bits per heavy atom. The minimum absolute atomic E-state index is 0.0676. The first-order valence-electron chi connectivity index (χ1n) is 25.1. The number of hydrogen-bond donors (Lipinski definition) is 2. The molecule has 0 aromatic rings. The lowest BCUT2D eigenvalue weighted by Crippen LogP contribution is -2.23. The van der Waals surface area contributed by atoms with Crippen LogP contribution in [-0.4, -0.2) is 98.0 Å². The molecule has 0 spiro atoms. The first kappa shape index (κ1) is 58.5. The number of rotatable bonds is 48. The van der Waals surface area contributed by atoms with E-state index in [2.05, 4.69) is 35.8 Å². The van der Waals surface area contributed by atoms with Crippen molar-refractivity contribution in [2.45, 2.75) is 219 Å². The van der Waals surface area contributed by atoms with Gasteiger partial charge in [-0.2, -0.15) is 23.5 Å². The Kier molecular flexibility index (Phi) is 47.4. The zero-order valence-corrected chi connectivity index (χ0v) is 41.3. The molecule has 0 aromatic carbocycles. The van der Waals surface area contributed by atoms with Crippen LogP contribution in [-0.2, 0) is 19.1 Å². The highest BCUT2D eigenvalue weighted by Crippen LogP contribution is 2.14. The predicted molar refractivity (Wildman–Crippen MR) is 266 cm³/mol. The standard InChI is InChI=1S/C49H97N5O4S2/c1-4-6-8-10-12-14-16-18-20-22-24-26-40-57-48(55)34-44-59-42-28-32-46(50)52-36-30-38-54(3)39-31-37-53-47(51)33-29-43-60-45-35-49(56)58-41-27-25-23-21-19-17-15-13-11-9-7-5-2/h4-45H2,1-3H3,(H2,50,52)(H2,51,53). The first-order valence-corrected chi connectivity index (χ1v) is 27.4. The van der Waals surface area contributed by atoms with Crippen LogP contribution in [0.3, 0.4) is 0 Å². The molecule has 0 fully saturated rings. The van der Waals surface area contributed by atoms with Crippen LogP contribution in [0.15, 0.2) is 9.98 Å². The number of thioether (sulfide) groups is 2. The van der Waals surface area contributed by atoms with E-state index >= 15 is 0 Å². The Morgan fingerprint density at radius 2 is 0.750 bits per heavy atom. The smallest absolute Gasteiger partial charge is 0.306 e. The number of nitrogens with two attached hydrogens (primary N) is 2. The van der Waals surface area contributed by atoms with E-state index in [0.717, 1.165) is 125 Å². The zero-order valence-electron chi connectivity index (χ0n) is 39.6. The summed E-state index contributed by atoms with van der Waals surface area (Å²) in [5.74, 6) is 4.89. The number of ether oxygens (including phenoxy) is 2. The van der Waals surface area contributed by atoms with Gasteiger partial charge in [0.25, 0.3) is 0 Å². The maximum Gasteiger partial charge on any atom is 0.306 e. The lowest BCUT2D eigenvalue weighted by molar-refractivity contribution is -0.144. The summed E-state index contributed by atoms with van der Waals surface area (Å²) in [5, 5.41) is 0. The largest absolute Gasteiger partial charge is 0.466 e. The maximum atomic E-state index is 12.0. The molecule has 0 amide bonds. The van der Waals surface area contributed by atoms with Gasteiger partial charge in [-0.15, -0.1) is 0 Å². The van der Waals surface area contributed by atoms with Crippen molar-refractivity contribution >= 4 is 47.1 Å². The summed E-state index contributed by atoms with van der Waals surface area (Å²) in [6, 6.07) is 0. The van der Waals surface area contributed by atoms with Gasteiger partial charge in [-0.1, -0.05) is 155 Å². The quantitative estimate of drug-likeness (QED) is 0.0265. The van der Waals surface area contributed by atoms with Crippen molar-refractivity contribution in [3.63, 3.8) is 0 Å². The fraction of sp³-hybridized carbons (Fsp3) is 0.918. The van der Waals surface area contributed by atoms with Gasteiger partial charge in [-0.3, -0.25) is 19.6 Å². The molecule has 4 N–H and O–H groups in total. The number of carbonyl (C=O) groups excluding carboxylic acids is 2. The summed E-state index contributed by atoms with van der Waals surface area (Å²) < 4.78 is 10.8. The van der Waals surface area contributed by atoms with E-state index in [1.165, 1.54) is 128 Å². The van der Waals surface area contributed by atoms with Crippen LogP contribution < -0.4 is 11.5 Å². The van der Waals surface area contributed by atoms with Crippen LogP contribution in [0.25, 0.3) is 0 Å². The van der Waals surface area contributed by atoms with E-state index in [1.54, 1.807) is 23.5 Å². The molecule has 9 nitrogen and oxygen atoms in total. The van der Waals surface area contributed by atoms with Crippen molar-refractivity contribution in [2.75, 3.05) is 69.5 Å². The maximum absolute atomic E-state index is 12.0. The number of nitrogens with zero attached hydrogens (tertiary/aromatic N) is 3. The van der Waals surface area contributed by atoms with Gasteiger partial charge in [-0.25, -0.2) is 0 Å². The van der Waals surface area contributed by atoms with Gasteiger partial charge < -0.3 is 25.8 Å². The van der Waals surface area contributed by atoms with Crippen molar-refractivity contribution in [2.24, 2.45) is 21.5 Å². The second kappa shape index (κ2) is 48.6. The van der Waals surface area contributed by atoms with Crippen LogP contribution in [0.4, 0.5) is 0 Å². The molecule has 0 bridgehead atoms. The van der Waals surface area contributed by atoms with Crippen molar-refractivity contribution < 1.29 is 19.1 Å². The monoisotopic (exact) mass is 884 g/mol. The highest BCUT2D eigenvalue weighted by Gasteiger charge is 2.05. The van der Waals surface area contributed by atoms with Crippen LogP contribution in [0.1, 0.15) is 219 Å². The molecule has 11 heteroatoms. The van der Waals surface area contributed by atoms with Crippen molar-refractivity contribution in [3.8, 4) is 0 Å². The fourth-order valence-electron chi connectivity index (χ4n) is 7.02. The zero-order chi connectivity index (χ0) is 43.8.